The lowest BCUT2D eigenvalue weighted by Crippen LogP contribution is -2.07. The molecule has 0 saturated carbocycles. The second-order valence-corrected chi connectivity index (χ2v) is 5.36. The summed E-state index contributed by atoms with van der Waals surface area (Å²) in [4.78, 5) is 14.9. The Bertz CT molecular complexity index is 627. The molecule has 0 aliphatic carbocycles. The molecular weight excluding hydrogens is 278 g/mol. The number of anilines is 1. The van der Waals surface area contributed by atoms with E-state index < -0.39 is 4.92 Å². The van der Waals surface area contributed by atoms with Crippen molar-refractivity contribution in [3.8, 4) is 5.75 Å². The van der Waals surface area contributed by atoms with Crippen LogP contribution in [-0.4, -0.2) is 17.0 Å². The average Bonchev–Trinajstić information content (AvgIpc) is 2.85. The maximum Gasteiger partial charge on any atom is 0.312 e. The van der Waals surface area contributed by atoms with Gasteiger partial charge in [0.25, 0.3) is 0 Å². The van der Waals surface area contributed by atoms with E-state index in [2.05, 4.69) is 10.3 Å². The molecule has 0 amide bonds. The molecule has 0 aliphatic heterocycles. The zero-order chi connectivity index (χ0) is 14.7. The maximum absolute atomic E-state index is 11.0. The normalized spacial score (nSPS) is 11.9. The van der Waals surface area contributed by atoms with Crippen molar-refractivity contribution in [2.24, 2.45) is 0 Å². The quantitative estimate of drug-likeness (QED) is 0.674. The van der Waals surface area contributed by atoms with Crippen molar-refractivity contribution in [3.05, 3.63) is 44.4 Å². The average molecular weight is 293 g/mol. The molecule has 7 heteroatoms. The summed E-state index contributed by atoms with van der Waals surface area (Å²) in [5, 5.41) is 17.2. The molecule has 6 nitrogen and oxygen atoms in total. The number of hydrogen-bond donors (Lipinski definition) is 1. The molecule has 1 aromatic heterocycles. The Kier molecular flexibility index (Phi) is 4.19. The van der Waals surface area contributed by atoms with Gasteiger partial charge < -0.3 is 10.1 Å². The van der Waals surface area contributed by atoms with Crippen LogP contribution in [0.1, 0.15) is 23.7 Å². The highest BCUT2D eigenvalue weighted by molar-refractivity contribution is 7.09. The van der Waals surface area contributed by atoms with Crippen LogP contribution in [0.4, 0.5) is 11.4 Å². The Balaban J connectivity index is 2.21. The Morgan fingerprint density at radius 2 is 2.25 bits per heavy atom. The summed E-state index contributed by atoms with van der Waals surface area (Å²) >= 11 is 1.58. The number of nitro groups is 1. The fourth-order valence-electron chi connectivity index (χ4n) is 1.83. The van der Waals surface area contributed by atoms with E-state index in [1.54, 1.807) is 23.5 Å². The largest absolute Gasteiger partial charge is 0.490 e. The zero-order valence-corrected chi connectivity index (χ0v) is 12.2. The van der Waals surface area contributed by atoms with Gasteiger partial charge in [-0.2, -0.15) is 0 Å². The number of methoxy groups -OCH3 is 1. The summed E-state index contributed by atoms with van der Waals surface area (Å²) in [7, 11) is 1.41. The Morgan fingerprint density at radius 1 is 1.50 bits per heavy atom. The molecule has 0 bridgehead atoms. The molecule has 1 aromatic carbocycles. The molecule has 0 spiro atoms. The van der Waals surface area contributed by atoms with Crippen molar-refractivity contribution in [2.75, 3.05) is 12.4 Å². The molecule has 1 heterocycles. The Labute approximate surface area is 120 Å². The number of thiazole rings is 1. The van der Waals surface area contributed by atoms with Crippen molar-refractivity contribution >= 4 is 22.7 Å². The van der Waals surface area contributed by atoms with Crippen LogP contribution < -0.4 is 10.1 Å². The van der Waals surface area contributed by atoms with Crippen LogP contribution in [0, 0.1) is 17.0 Å². The van der Waals surface area contributed by atoms with Gasteiger partial charge in [-0.05, 0) is 26.0 Å². The first-order valence-electron chi connectivity index (χ1n) is 6.02. The molecule has 20 heavy (non-hydrogen) atoms. The number of rotatable bonds is 5. The Hall–Kier alpha value is -2.15. The van der Waals surface area contributed by atoms with Crippen molar-refractivity contribution in [3.63, 3.8) is 0 Å². The number of hydrogen-bond acceptors (Lipinski definition) is 6. The number of nitrogens with zero attached hydrogens (tertiary/aromatic N) is 2. The van der Waals surface area contributed by atoms with E-state index in [0.29, 0.717) is 5.69 Å². The second-order valence-electron chi connectivity index (χ2n) is 4.30. The van der Waals surface area contributed by atoms with Crippen LogP contribution in [0.25, 0.3) is 0 Å². The highest BCUT2D eigenvalue weighted by Gasteiger charge is 2.16. The van der Waals surface area contributed by atoms with Gasteiger partial charge in [-0.15, -0.1) is 11.3 Å². The van der Waals surface area contributed by atoms with E-state index in [9.17, 15) is 10.1 Å². The van der Waals surface area contributed by atoms with Crippen molar-refractivity contribution in [1.82, 2.24) is 4.98 Å². The number of ether oxygens (including phenoxy) is 1. The first-order chi connectivity index (χ1) is 9.51. The van der Waals surface area contributed by atoms with Gasteiger partial charge in [-0.1, -0.05) is 0 Å². The molecule has 106 valence electrons. The summed E-state index contributed by atoms with van der Waals surface area (Å²) in [5.74, 6) is 0.248. The predicted molar refractivity (Wildman–Crippen MR) is 78.5 cm³/mol. The topological polar surface area (TPSA) is 77.3 Å². The number of nitrogens with one attached hydrogen (secondary N) is 1. The predicted octanol–water partition coefficient (Wildman–Crippen LogP) is 3.54. The van der Waals surface area contributed by atoms with Gasteiger partial charge >= 0.3 is 5.69 Å². The van der Waals surface area contributed by atoms with E-state index in [-0.39, 0.29) is 17.5 Å². The number of nitro benzene ring substituents is 1. The molecule has 0 radical (unpaired) electrons. The highest BCUT2D eigenvalue weighted by atomic mass is 32.1. The van der Waals surface area contributed by atoms with Crippen LogP contribution in [0.2, 0.25) is 0 Å². The third-order valence-corrected chi connectivity index (χ3v) is 3.63. The monoisotopic (exact) mass is 293 g/mol. The number of aromatic nitrogens is 1. The van der Waals surface area contributed by atoms with E-state index >= 15 is 0 Å². The van der Waals surface area contributed by atoms with Crippen molar-refractivity contribution < 1.29 is 9.66 Å². The molecule has 0 fully saturated rings. The van der Waals surface area contributed by atoms with Crippen LogP contribution in [0.5, 0.6) is 5.75 Å². The van der Waals surface area contributed by atoms with Gasteiger partial charge in [0, 0.05) is 17.1 Å². The third kappa shape index (κ3) is 3.05. The first kappa shape index (κ1) is 14.3. The molecule has 1 atom stereocenters. The molecular formula is C13H15N3O3S. The Morgan fingerprint density at radius 3 is 2.80 bits per heavy atom. The highest BCUT2D eigenvalue weighted by Crippen LogP contribution is 2.31. The van der Waals surface area contributed by atoms with Crippen LogP contribution >= 0.6 is 11.3 Å². The van der Waals surface area contributed by atoms with Crippen LogP contribution in [0.15, 0.2) is 23.6 Å². The van der Waals surface area contributed by atoms with E-state index in [4.69, 9.17) is 4.74 Å². The van der Waals surface area contributed by atoms with Crippen LogP contribution in [0.3, 0.4) is 0 Å². The van der Waals surface area contributed by atoms with E-state index in [0.717, 1.165) is 10.7 Å². The molecule has 0 saturated heterocycles. The summed E-state index contributed by atoms with van der Waals surface area (Å²) < 4.78 is 4.97. The van der Waals surface area contributed by atoms with E-state index in [1.807, 2.05) is 19.2 Å². The molecule has 1 unspecified atom stereocenters. The van der Waals surface area contributed by atoms with Gasteiger partial charge in [0.15, 0.2) is 5.75 Å². The van der Waals surface area contributed by atoms with Gasteiger partial charge in [-0.3, -0.25) is 10.1 Å². The molecule has 0 aliphatic rings. The molecule has 2 aromatic rings. The first-order valence-corrected chi connectivity index (χ1v) is 6.90. The maximum atomic E-state index is 11.0. The summed E-state index contributed by atoms with van der Waals surface area (Å²) in [6.07, 6.45) is 0. The number of aryl methyl sites for hydroxylation is 1. The SMILES string of the molecule is COc1ccc(NC(C)c2csc(C)n2)cc1[N+](=O)[O-]. The minimum Gasteiger partial charge on any atom is -0.490 e. The lowest BCUT2D eigenvalue weighted by atomic mass is 10.2. The smallest absolute Gasteiger partial charge is 0.312 e. The molecule has 2 rings (SSSR count). The fraction of sp³-hybridized carbons (Fsp3) is 0.308. The summed E-state index contributed by atoms with van der Waals surface area (Å²) in [6.45, 7) is 3.91. The fourth-order valence-corrected chi connectivity index (χ4v) is 2.53. The zero-order valence-electron chi connectivity index (χ0n) is 11.4. The lowest BCUT2D eigenvalue weighted by Gasteiger charge is -2.13. The minimum atomic E-state index is -0.457. The van der Waals surface area contributed by atoms with Crippen molar-refractivity contribution in [1.29, 1.82) is 0 Å². The van der Waals surface area contributed by atoms with Gasteiger partial charge in [0.2, 0.25) is 0 Å². The van der Waals surface area contributed by atoms with Gasteiger partial charge in [-0.25, -0.2) is 4.98 Å². The summed E-state index contributed by atoms with van der Waals surface area (Å²) in [6, 6.07) is 4.78. The minimum absolute atomic E-state index is 0.0204. The van der Waals surface area contributed by atoms with Crippen LogP contribution in [-0.2, 0) is 0 Å². The second kappa shape index (κ2) is 5.87. The van der Waals surface area contributed by atoms with E-state index in [1.165, 1.54) is 13.2 Å². The summed E-state index contributed by atoms with van der Waals surface area (Å²) in [5.41, 5.74) is 1.53. The third-order valence-electron chi connectivity index (χ3n) is 2.84. The van der Waals surface area contributed by atoms with Gasteiger partial charge in [0.05, 0.1) is 28.8 Å². The standard InChI is InChI=1S/C13H15N3O3S/c1-8(11-7-20-9(2)15-11)14-10-4-5-13(19-3)12(6-10)16(17)18/h4-8,14H,1-3H3. The molecule has 1 N–H and O–H groups in total. The number of benzene rings is 1. The van der Waals surface area contributed by atoms with Crippen molar-refractivity contribution in [2.45, 2.75) is 19.9 Å². The van der Waals surface area contributed by atoms with Gasteiger partial charge in [0.1, 0.15) is 0 Å². The lowest BCUT2D eigenvalue weighted by molar-refractivity contribution is -0.385.